The molecule has 0 bridgehead atoms. The van der Waals surface area contributed by atoms with Crippen molar-refractivity contribution in [1.29, 1.82) is 0 Å². The molecule has 0 amide bonds. The average Bonchev–Trinajstić information content (AvgIpc) is 0.811. The van der Waals surface area contributed by atoms with Gasteiger partial charge in [0.2, 0.25) is 0 Å². The maximum Gasteiger partial charge on any atom is 0.291 e. The quantitative estimate of drug-likeness (QED) is 0.263. The smallest absolute Gasteiger partial charge is 0.291 e. The molecule has 4 nitrogen and oxygen atoms in total. The van der Waals surface area contributed by atoms with Gasteiger partial charge < -0.3 is 5.21 Å². The predicted octanol–water partition coefficient (Wildman–Crippen LogP) is -0.731. The van der Waals surface area contributed by atoms with Gasteiger partial charge in [-0.05, 0) is 0 Å². The fourth-order valence-corrected chi connectivity index (χ4v) is 0. The van der Waals surface area contributed by atoms with E-state index in [1.54, 1.807) is 0 Å². The Kier molecular flexibility index (Phi) is 24.4. The van der Waals surface area contributed by atoms with Gasteiger partial charge in [0.05, 0.1) is 0 Å². The summed E-state index contributed by atoms with van der Waals surface area (Å²) in [6, 6.07) is 0. The van der Waals surface area contributed by atoms with E-state index < -0.39 is 5.09 Å². The summed E-state index contributed by atoms with van der Waals surface area (Å²) in [5, 5.41) is 13.6. The van der Waals surface area contributed by atoms with E-state index in [-0.39, 0.29) is 35.9 Å². The van der Waals surface area contributed by atoms with Gasteiger partial charge in [-0.3, -0.25) is 0 Å². The molecule has 0 spiro atoms. The Morgan fingerprint density at radius 2 is 1.67 bits per heavy atom. The topological polar surface area (TPSA) is 63.4 Å². The number of hydrogen-bond donors (Lipinski definition) is 1. The van der Waals surface area contributed by atoms with Gasteiger partial charge in [-0.15, -0.1) is 10.1 Å². The maximum atomic E-state index is 8.36. The van der Waals surface area contributed by atoms with Crippen molar-refractivity contribution in [3.8, 4) is 0 Å². The molecule has 0 rings (SSSR count). The normalized spacial score (nSPS) is 4.00. The van der Waals surface area contributed by atoms with Crippen LogP contribution in [0.25, 0.3) is 0 Å². The van der Waals surface area contributed by atoms with Gasteiger partial charge in [0.15, 0.2) is 0 Å². The molecule has 0 saturated heterocycles. The van der Waals surface area contributed by atoms with E-state index in [9.17, 15) is 0 Å². The van der Waals surface area contributed by atoms with Gasteiger partial charge in [0.1, 0.15) is 0 Å². The van der Waals surface area contributed by atoms with Crippen LogP contribution in [0.15, 0.2) is 0 Å². The molecule has 32 valence electrons. The van der Waals surface area contributed by atoms with Crippen molar-refractivity contribution in [3.63, 3.8) is 0 Å². The minimum Gasteiger partial charge on any atom is -0.328 e. The molecule has 0 atom stereocenters. The van der Waals surface area contributed by atoms with Crippen molar-refractivity contribution in [1.82, 2.24) is 0 Å². The monoisotopic (exact) mass is 125 g/mol. The molecule has 6 heavy (non-hydrogen) atoms. The van der Waals surface area contributed by atoms with E-state index in [0.29, 0.717) is 0 Å². The molecule has 0 saturated carbocycles. The standard InChI is InChI=1S/Li.Mn.HNO3/c;;2-1(3)4/h;;(H,2,3,4). The minimum absolute atomic E-state index is 0. The number of hydrogen-bond acceptors (Lipinski definition) is 2. The van der Waals surface area contributed by atoms with Gasteiger partial charge in [-0.2, -0.15) is 0 Å². The Morgan fingerprint density at radius 3 is 1.67 bits per heavy atom. The first-order chi connectivity index (χ1) is 1.73. The Balaban J connectivity index is -0.0000000450. The van der Waals surface area contributed by atoms with Crippen LogP contribution < -0.4 is 0 Å². The van der Waals surface area contributed by atoms with Crippen LogP contribution in [0, 0.1) is 10.1 Å². The first-order valence-electron chi connectivity index (χ1n) is 0.565. The van der Waals surface area contributed by atoms with Crippen LogP contribution in [0.5, 0.6) is 0 Å². The molecule has 0 aromatic carbocycles. The van der Waals surface area contributed by atoms with Gasteiger partial charge in [0.25, 0.3) is 5.09 Å². The molecule has 0 heterocycles. The van der Waals surface area contributed by atoms with Gasteiger partial charge in [0, 0.05) is 35.9 Å². The molecule has 1 N–H and O–H groups in total. The van der Waals surface area contributed by atoms with Crippen LogP contribution in [0.4, 0.5) is 0 Å². The van der Waals surface area contributed by atoms with Crippen molar-refractivity contribution in [3.05, 3.63) is 10.1 Å². The van der Waals surface area contributed by atoms with Crippen LogP contribution in [0.2, 0.25) is 0 Å². The fraction of sp³-hybridized carbons (Fsp3) is 0. The van der Waals surface area contributed by atoms with E-state index in [0.717, 1.165) is 0 Å². The first kappa shape index (κ1) is 16.2. The third-order valence-corrected chi connectivity index (χ3v) is 0. The predicted molar refractivity (Wildman–Crippen MR) is 14.5 cm³/mol. The van der Waals surface area contributed by atoms with Crippen LogP contribution in [-0.4, -0.2) is 29.2 Å². The van der Waals surface area contributed by atoms with E-state index in [2.05, 4.69) is 0 Å². The second-order valence-corrected chi connectivity index (χ2v) is 0.238. The van der Waals surface area contributed by atoms with Crippen LogP contribution in [0.3, 0.4) is 0 Å². The largest absolute Gasteiger partial charge is 0.328 e. The molecule has 0 aromatic rings. The molecule has 0 aliphatic heterocycles. The average molecular weight is 125 g/mol. The summed E-state index contributed by atoms with van der Waals surface area (Å²) in [4.78, 5) is 8.36. The maximum absolute atomic E-state index is 8.36. The van der Waals surface area contributed by atoms with Gasteiger partial charge in [-0.1, -0.05) is 0 Å². The van der Waals surface area contributed by atoms with Crippen molar-refractivity contribution in [2.75, 3.05) is 0 Å². The Hall–Kier alpha value is 0.317. The molecule has 0 aliphatic carbocycles. The Morgan fingerprint density at radius 1 is 1.67 bits per heavy atom. The molecule has 6 heteroatoms. The van der Waals surface area contributed by atoms with Crippen molar-refractivity contribution in [2.45, 2.75) is 0 Å². The Labute approximate surface area is 56.7 Å². The van der Waals surface area contributed by atoms with E-state index >= 15 is 0 Å². The number of nitrogens with zero attached hydrogens (tertiary/aromatic N) is 1. The van der Waals surface area contributed by atoms with Crippen molar-refractivity contribution in [2.24, 2.45) is 0 Å². The minimum atomic E-state index is -1.50. The van der Waals surface area contributed by atoms with Crippen LogP contribution >= 0.6 is 0 Å². The van der Waals surface area contributed by atoms with Gasteiger partial charge in [-0.25, -0.2) is 0 Å². The summed E-state index contributed by atoms with van der Waals surface area (Å²) in [6.45, 7) is 0. The molecule has 0 aliphatic rings. The summed E-state index contributed by atoms with van der Waals surface area (Å²) in [5.74, 6) is 0. The molecule has 2 radical (unpaired) electrons. The summed E-state index contributed by atoms with van der Waals surface area (Å²) in [7, 11) is 0. The van der Waals surface area contributed by atoms with Crippen molar-refractivity contribution >= 4 is 18.9 Å². The molecule has 0 fully saturated rings. The summed E-state index contributed by atoms with van der Waals surface area (Å²) < 4.78 is 0. The third kappa shape index (κ3) is 473. The summed E-state index contributed by atoms with van der Waals surface area (Å²) in [6.07, 6.45) is 0. The summed E-state index contributed by atoms with van der Waals surface area (Å²) >= 11 is 0. The SMILES string of the molecule is O=[N+]([O-])O.[Li].[Mn]. The number of rotatable bonds is 0. The zero-order valence-corrected chi connectivity index (χ0v) is 4.27. The second-order valence-electron chi connectivity index (χ2n) is 0.238. The Bertz CT molecular complexity index is 33.8. The van der Waals surface area contributed by atoms with Gasteiger partial charge >= 0.3 is 0 Å². The zero-order valence-electron chi connectivity index (χ0n) is 3.09. The van der Waals surface area contributed by atoms with Crippen molar-refractivity contribution < 1.29 is 27.4 Å². The molecular formula is HLiMnNO3. The van der Waals surface area contributed by atoms with E-state index in [4.69, 9.17) is 15.3 Å². The van der Waals surface area contributed by atoms with Crippen LogP contribution in [-0.2, 0) is 17.1 Å². The molecule has 0 aromatic heterocycles. The summed E-state index contributed by atoms with van der Waals surface area (Å²) in [5.41, 5.74) is 0. The van der Waals surface area contributed by atoms with E-state index in [1.165, 1.54) is 0 Å². The third-order valence-electron chi connectivity index (χ3n) is 0. The first-order valence-corrected chi connectivity index (χ1v) is 0.565. The molecule has 0 unspecified atom stereocenters. The fourth-order valence-electron chi connectivity index (χ4n) is 0. The second kappa shape index (κ2) is 9.01. The van der Waals surface area contributed by atoms with E-state index in [1.807, 2.05) is 0 Å². The zero-order chi connectivity index (χ0) is 3.58. The van der Waals surface area contributed by atoms with Crippen LogP contribution in [0.1, 0.15) is 0 Å². The molecular weight excluding hydrogens is 124 g/mol.